The lowest BCUT2D eigenvalue weighted by Crippen LogP contribution is -2.32. The maximum Gasteiger partial charge on any atom is 0.155 e. The van der Waals surface area contributed by atoms with Gasteiger partial charge in [-0.05, 0) is 46.0 Å². The summed E-state index contributed by atoms with van der Waals surface area (Å²) in [7, 11) is 0. The summed E-state index contributed by atoms with van der Waals surface area (Å²) in [4.78, 5) is 0. The zero-order valence-electron chi connectivity index (χ0n) is 11.6. The molecule has 1 rings (SSSR count). The molecule has 1 aliphatic carbocycles. The Morgan fingerprint density at radius 1 is 1.38 bits per heavy atom. The topological polar surface area (TPSA) is 18.5 Å². The van der Waals surface area contributed by atoms with E-state index in [9.17, 15) is 0 Å². The van der Waals surface area contributed by atoms with Crippen LogP contribution in [0.25, 0.3) is 0 Å². The van der Waals surface area contributed by atoms with Gasteiger partial charge in [-0.15, -0.1) is 0 Å². The van der Waals surface area contributed by atoms with Gasteiger partial charge in [0.1, 0.15) is 0 Å². The summed E-state index contributed by atoms with van der Waals surface area (Å²) in [6, 6.07) is 0. The van der Waals surface area contributed by atoms with Crippen molar-refractivity contribution in [2.75, 3.05) is 6.61 Å². The van der Waals surface area contributed by atoms with E-state index in [2.05, 4.69) is 27.7 Å². The number of allylic oxidation sites excluding steroid dienone is 1. The van der Waals surface area contributed by atoms with E-state index in [4.69, 9.17) is 9.47 Å². The second-order valence-electron chi connectivity index (χ2n) is 5.48. The second kappa shape index (κ2) is 5.33. The van der Waals surface area contributed by atoms with Crippen molar-refractivity contribution in [3.63, 3.8) is 0 Å². The fourth-order valence-electron chi connectivity index (χ4n) is 2.51. The zero-order valence-corrected chi connectivity index (χ0v) is 11.6. The predicted molar refractivity (Wildman–Crippen MR) is 67.4 cm³/mol. The van der Waals surface area contributed by atoms with Crippen LogP contribution in [0.5, 0.6) is 0 Å². The first kappa shape index (κ1) is 13.7. The highest BCUT2D eigenvalue weighted by atomic mass is 16.7. The molecule has 1 aliphatic rings. The van der Waals surface area contributed by atoms with Gasteiger partial charge in [-0.25, -0.2) is 0 Å². The fourth-order valence-corrected chi connectivity index (χ4v) is 2.51. The molecule has 94 valence electrons. The highest BCUT2D eigenvalue weighted by Crippen LogP contribution is 2.41. The van der Waals surface area contributed by atoms with E-state index in [0.717, 1.165) is 12.8 Å². The molecule has 0 fully saturated rings. The van der Waals surface area contributed by atoms with Gasteiger partial charge in [0.25, 0.3) is 0 Å². The van der Waals surface area contributed by atoms with Crippen molar-refractivity contribution in [1.82, 2.24) is 0 Å². The fraction of sp³-hybridized carbons (Fsp3) is 0.857. The Morgan fingerprint density at radius 2 is 2.00 bits per heavy atom. The Balaban J connectivity index is 2.61. The molecule has 16 heavy (non-hydrogen) atoms. The summed E-state index contributed by atoms with van der Waals surface area (Å²) >= 11 is 0. The monoisotopic (exact) mass is 226 g/mol. The number of hydrogen-bond donors (Lipinski definition) is 0. The van der Waals surface area contributed by atoms with Gasteiger partial charge < -0.3 is 9.47 Å². The van der Waals surface area contributed by atoms with Crippen LogP contribution in [-0.4, -0.2) is 19.0 Å². The van der Waals surface area contributed by atoms with Gasteiger partial charge >= 0.3 is 0 Å². The average Bonchev–Trinajstić information content (AvgIpc) is 2.13. The van der Waals surface area contributed by atoms with Gasteiger partial charge in [0.15, 0.2) is 6.29 Å². The minimum absolute atomic E-state index is 0.0861. The van der Waals surface area contributed by atoms with E-state index in [1.54, 1.807) is 0 Å². The van der Waals surface area contributed by atoms with Crippen molar-refractivity contribution in [1.29, 1.82) is 0 Å². The van der Waals surface area contributed by atoms with Crippen LogP contribution in [0, 0.1) is 5.41 Å². The summed E-state index contributed by atoms with van der Waals surface area (Å²) in [5, 5.41) is 0. The summed E-state index contributed by atoms with van der Waals surface area (Å²) in [6.07, 6.45) is 2.36. The van der Waals surface area contributed by atoms with Crippen LogP contribution in [0.4, 0.5) is 0 Å². The molecule has 1 unspecified atom stereocenters. The number of rotatable bonds is 4. The molecule has 0 spiro atoms. The van der Waals surface area contributed by atoms with Crippen LogP contribution in [-0.2, 0) is 9.47 Å². The molecule has 0 aromatic carbocycles. The van der Waals surface area contributed by atoms with E-state index in [1.165, 1.54) is 11.1 Å². The highest BCUT2D eigenvalue weighted by Gasteiger charge is 2.32. The van der Waals surface area contributed by atoms with Gasteiger partial charge in [0.2, 0.25) is 0 Å². The smallest absolute Gasteiger partial charge is 0.155 e. The maximum absolute atomic E-state index is 5.93. The van der Waals surface area contributed by atoms with E-state index in [-0.39, 0.29) is 11.7 Å². The third-order valence-corrected chi connectivity index (χ3v) is 3.71. The maximum atomic E-state index is 5.93. The third kappa shape index (κ3) is 3.33. The number of ether oxygens (including phenoxy) is 2. The molecule has 0 bridgehead atoms. The van der Waals surface area contributed by atoms with Crippen molar-refractivity contribution < 1.29 is 9.47 Å². The molecule has 2 nitrogen and oxygen atoms in total. The first-order valence-electron chi connectivity index (χ1n) is 6.30. The van der Waals surface area contributed by atoms with Gasteiger partial charge in [-0.1, -0.05) is 25.0 Å². The predicted octanol–water partition coefficient (Wildman–Crippen LogP) is 3.91. The van der Waals surface area contributed by atoms with Gasteiger partial charge in [0.05, 0.1) is 6.10 Å². The van der Waals surface area contributed by atoms with Gasteiger partial charge in [0, 0.05) is 6.61 Å². The van der Waals surface area contributed by atoms with E-state index < -0.39 is 0 Å². The van der Waals surface area contributed by atoms with E-state index in [1.807, 2.05) is 13.8 Å². The molecular formula is C14H26O2. The van der Waals surface area contributed by atoms with E-state index in [0.29, 0.717) is 12.7 Å². The van der Waals surface area contributed by atoms with Crippen molar-refractivity contribution in [3.05, 3.63) is 11.1 Å². The first-order chi connectivity index (χ1) is 7.36. The largest absolute Gasteiger partial charge is 0.353 e. The Bertz CT molecular complexity index is 266. The van der Waals surface area contributed by atoms with E-state index >= 15 is 0 Å². The van der Waals surface area contributed by atoms with Crippen LogP contribution in [0.15, 0.2) is 11.1 Å². The van der Waals surface area contributed by atoms with Crippen LogP contribution in [0.2, 0.25) is 0 Å². The van der Waals surface area contributed by atoms with Crippen molar-refractivity contribution >= 4 is 0 Å². The van der Waals surface area contributed by atoms with Gasteiger partial charge in [-0.2, -0.15) is 0 Å². The average molecular weight is 226 g/mol. The Hall–Kier alpha value is -0.340. The van der Waals surface area contributed by atoms with Crippen LogP contribution in [0.3, 0.4) is 0 Å². The first-order valence-corrected chi connectivity index (χ1v) is 6.30. The number of hydrogen-bond acceptors (Lipinski definition) is 2. The SMILES string of the molecule is CCOC(C)O[C@H]1CC(C)=C(C)C(C)(C)C1. The van der Waals surface area contributed by atoms with Crippen LogP contribution >= 0.6 is 0 Å². The van der Waals surface area contributed by atoms with Crippen molar-refractivity contribution in [2.45, 2.75) is 66.8 Å². The minimum atomic E-state index is -0.0861. The Labute approximate surface area is 100 Å². The normalized spacial score (nSPS) is 27.0. The minimum Gasteiger partial charge on any atom is -0.353 e. The molecule has 0 aromatic heterocycles. The molecular weight excluding hydrogens is 200 g/mol. The molecule has 0 amide bonds. The molecule has 0 heterocycles. The molecule has 0 aliphatic heterocycles. The summed E-state index contributed by atoms with van der Waals surface area (Å²) in [5.41, 5.74) is 3.26. The Morgan fingerprint density at radius 3 is 2.50 bits per heavy atom. The highest BCUT2D eigenvalue weighted by molar-refractivity contribution is 5.21. The second-order valence-corrected chi connectivity index (χ2v) is 5.48. The molecule has 2 heteroatoms. The zero-order chi connectivity index (χ0) is 12.3. The lowest BCUT2D eigenvalue weighted by Gasteiger charge is -2.38. The lowest BCUT2D eigenvalue weighted by atomic mass is 9.72. The van der Waals surface area contributed by atoms with Gasteiger partial charge in [-0.3, -0.25) is 0 Å². The molecule has 0 N–H and O–H groups in total. The summed E-state index contributed by atoms with van der Waals surface area (Å²) in [5.74, 6) is 0. The van der Waals surface area contributed by atoms with Crippen LogP contribution < -0.4 is 0 Å². The quantitative estimate of drug-likeness (QED) is 0.534. The molecule has 0 radical (unpaired) electrons. The Kier molecular flexibility index (Phi) is 4.57. The molecule has 2 atom stereocenters. The van der Waals surface area contributed by atoms with Crippen LogP contribution in [0.1, 0.15) is 54.4 Å². The third-order valence-electron chi connectivity index (χ3n) is 3.71. The van der Waals surface area contributed by atoms with Crippen molar-refractivity contribution in [2.24, 2.45) is 5.41 Å². The van der Waals surface area contributed by atoms with Crippen molar-refractivity contribution in [3.8, 4) is 0 Å². The molecule has 0 saturated carbocycles. The summed E-state index contributed by atoms with van der Waals surface area (Å²) < 4.78 is 11.4. The molecule has 0 saturated heterocycles. The lowest BCUT2D eigenvalue weighted by molar-refractivity contribution is -0.164. The summed E-state index contributed by atoms with van der Waals surface area (Å²) in [6.45, 7) is 13.8. The molecule has 0 aromatic rings. The standard InChI is InChI=1S/C14H26O2/c1-7-15-12(4)16-13-8-10(2)11(3)14(5,6)9-13/h12-13H,7-9H2,1-6H3/t12?,13-/m0/s1.